The van der Waals surface area contributed by atoms with Crippen LogP contribution >= 0.6 is 0 Å². The molecule has 0 aliphatic carbocycles. The molecule has 1 heterocycles. The molecular weight excluding hydrogens is 321 g/mol. The highest BCUT2D eigenvalue weighted by Crippen LogP contribution is 2.30. The molecule has 0 aliphatic heterocycles. The van der Waals surface area contributed by atoms with Crippen LogP contribution < -0.4 is 5.56 Å². The average molecular weight is 340 g/mol. The fraction of sp³-hybridized carbons (Fsp3) is 0.412. The van der Waals surface area contributed by atoms with Crippen molar-refractivity contribution < 1.29 is 18.3 Å². The fourth-order valence-electron chi connectivity index (χ4n) is 2.14. The highest BCUT2D eigenvalue weighted by molar-refractivity contribution is 5.26. The maximum absolute atomic E-state index is 12.6. The molecule has 1 atom stereocenters. The summed E-state index contributed by atoms with van der Waals surface area (Å²) >= 11 is 0. The Hall–Kier alpha value is -2.15. The normalized spacial score (nSPS) is 13.8. The predicted octanol–water partition coefficient (Wildman–Crippen LogP) is 3.29. The Labute approximate surface area is 137 Å². The molecule has 0 bridgehead atoms. The van der Waals surface area contributed by atoms with Crippen LogP contribution in [0.5, 0.6) is 0 Å². The number of nitrogens with zero attached hydrogens (tertiary/aromatic N) is 2. The summed E-state index contributed by atoms with van der Waals surface area (Å²) in [6.07, 6.45) is -5.56. The van der Waals surface area contributed by atoms with Crippen LogP contribution in [0, 0.1) is 0 Å². The van der Waals surface area contributed by atoms with Gasteiger partial charge < -0.3 is 5.11 Å². The minimum Gasteiger partial charge on any atom is -0.386 e. The number of benzene rings is 1. The first-order valence-corrected chi connectivity index (χ1v) is 7.42. The first-order chi connectivity index (χ1) is 11.0. The van der Waals surface area contributed by atoms with Gasteiger partial charge in [-0.3, -0.25) is 4.79 Å². The molecule has 1 aromatic heterocycles. The molecule has 0 spiro atoms. The van der Waals surface area contributed by atoms with Crippen molar-refractivity contribution >= 4 is 0 Å². The summed E-state index contributed by atoms with van der Waals surface area (Å²) in [6, 6.07) is 7.20. The topological polar surface area (TPSA) is 55.1 Å². The summed E-state index contributed by atoms with van der Waals surface area (Å²) in [7, 11) is 0. The number of aliphatic hydroxyl groups is 1. The van der Waals surface area contributed by atoms with E-state index < -0.39 is 17.8 Å². The van der Waals surface area contributed by atoms with Gasteiger partial charge in [-0.1, -0.05) is 32.9 Å². The third-order valence-corrected chi connectivity index (χ3v) is 3.60. The first kappa shape index (κ1) is 18.2. The molecule has 0 saturated carbocycles. The Kier molecular flexibility index (Phi) is 4.85. The van der Waals surface area contributed by atoms with Gasteiger partial charge in [-0.05, 0) is 23.8 Å². The maximum atomic E-state index is 12.6. The van der Waals surface area contributed by atoms with E-state index in [4.69, 9.17) is 0 Å². The van der Waals surface area contributed by atoms with E-state index in [2.05, 4.69) is 5.10 Å². The Morgan fingerprint density at radius 3 is 2.17 bits per heavy atom. The number of aromatic nitrogens is 2. The highest BCUT2D eigenvalue weighted by Gasteiger charge is 2.30. The van der Waals surface area contributed by atoms with Crippen molar-refractivity contribution in [3.05, 3.63) is 63.6 Å². The van der Waals surface area contributed by atoms with Gasteiger partial charge in [0.2, 0.25) is 0 Å². The molecule has 0 amide bonds. The van der Waals surface area contributed by atoms with Crippen molar-refractivity contribution in [2.45, 2.75) is 45.0 Å². The smallest absolute Gasteiger partial charge is 0.386 e. The first-order valence-electron chi connectivity index (χ1n) is 7.42. The molecule has 1 aromatic carbocycles. The minimum absolute atomic E-state index is 0.131. The zero-order chi connectivity index (χ0) is 18.1. The summed E-state index contributed by atoms with van der Waals surface area (Å²) < 4.78 is 38.8. The summed E-state index contributed by atoms with van der Waals surface area (Å²) in [5, 5.41) is 14.4. The minimum atomic E-state index is -4.43. The summed E-state index contributed by atoms with van der Waals surface area (Å²) in [4.78, 5) is 11.9. The molecule has 4 nitrogen and oxygen atoms in total. The molecule has 2 rings (SSSR count). The average Bonchev–Trinajstić information content (AvgIpc) is 2.47. The highest BCUT2D eigenvalue weighted by atomic mass is 19.4. The number of aliphatic hydroxyl groups excluding tert-OH is 1. The second-order valence-electron chi connectivity index (χ2n) is 6.62. The Bertz CT molecular complexity index is 759. The Morgan fingerprint density at radius 1 is 1.08 bits per heavy atom. The quantitative estimate of drug-likeness (QED) is 0.933. The van der Waals surface area contributed by atoms with Crippen molar-refractivity contribution in [1.82, 2.24) is 9.78 Å². The van der Waals surface area contributed by atoms with Gasteiger partial charge in [0, 0.05) is 11.5 Å². The SMILES string of the molecule is CC(C)(C)c1ccc(=O)n(CC(O)c2ccc(C(F)(F)F)cc2)n1. The van der Waals surface area contributed by atoms with Crippen molar-refractivity contribution in [1.29, 1.82) is 0 Å². The number of halogens is 3. The molecule has 130 valence electrons. The molecule has 0 saturated heterocycles. The van der Waals surface area contributed by atoms with Crippen molar-refractivity contribution in [3.63, 3.8) is 0 Å². The molecule has 0 fully saturated rings. The largest absolute Gasteiger partial charge is 0.416 e. The molecule has 24 heavy (non-hydrogen) atoms. The molecular formula is C17H19F3N2O2. The van der Waals surface area contributed by atoms with E-state index in [0.29, 0.717) is 5.69 Å². The van der Waals surface area contributed by atoms with Crippen LogP contribution in [-0.2, 0) is 18.1 Å². The second-order valence-corrected chi connectivity index (χ2v) is 6.62. The zero-order valence-corrected chi connectivity index (χ0v) is 13.6. The third-order valence-electron chi connectivity index (χ3n) is 3.60. The summed E-state index contributed by atoms with van der Waals surface area (Å²) in [5.74, 6) is 0. The van der Waals surface area contributed by atoms with Gasteiger partial charge in [0.15, 0.2) is 0 Å². The molecule has 7 heteroatoms. The number of alkyl halides is 3. The monoisotopic (exact) mass is 340 g/mol. The number of hydrogen-bond acceptors (Lipinski definition) is 3. The zero-order valence-electron chi connectivity index (χ0n) is 13.6. The van der Waals surface area contributed by atoms with E-state index in [1.165, 1.54) is 18.2 Å². The van der Waals surface area contributed by atoms with Gasteiger partial charge in [0.25, 0.3) is 5.56 Å². The van der Waals surface area contributed by atoms with Crippen molar-refractivity contribution in [2.24, 2.45) is 0 Å². The van der Waals surface area contributed by atoms with Gasteiger partial charge in [-0.2, -0.15) is 18.3 Å². The van der Waals surface area contributed by atoms with E-state index in [1.807, 2.05) is 20.8 Å². The fourth-order valence-corrected chi connectivity index (χ4v) is 2.14. The van der Waals surface area contributed by atoms with Crippen LogP contribution in [0.3, 0.4) is 0 Å². The lowest BCUT2D eigenvalue weighted by atomic mass is 9.92. The maximum Gasteiger partial charge on any atom is 0.416 e. The van der Waals surface area contributed by atoms with Gasteiger partial charge >= 0.3 is 6.18 Å². The lowest BCUT2D eigenvalue weighted by Gasteiger charge is -2.19. The lowest BCUT2D eigenvalue weighted by molar-refractivity contribution is -0.137. The van der Waals surface area contributed by atoms with Gasteiger partial charge in [0.05, 0.1) is 23.9 Å². The lowest BCUT2D eigenvalue weighted by Crippen LogP contribution is -2.29. The van der Waals surface area contributed by atoms with Crippen LogP contribution in [0.15, 0.2) is 41.2 Å². The Morgan fingerprint density at radius 2 is 1.67 bits per heavy atom. The molecule has 1 unspecified atom stereocenters. The van der Waals surface area contributed by atoms with Crippen molar-refractivity contribution in [2.75, 3.05) is 0 Å². The molecule has 0 radical (unpaired) electrons. The van der Waals surface area contributed by atoms with Crippen LogP contribution in [0.25, 0.3) is 0 Å². The van der Waals surface area contributed by atoms with E-state index in [9.17, 15) is 23.1 Å². The van der Waals surface area contributed by atoms with Gasteiger partial charge in [0.1, 0.15) is 0 Å². The van der Waals surface area contributed by atoms with Crippen LogP contribution in [0.2, 0.25) is 0 Å². The van der Waals surface area contributed by atoms with E-state index >= 15 is 0 Å². The number of rotatable bonds is 3. The third kappa shape index (κ3) is 4.23. The molecule has 1 N–H and O–H groups in total. The van der Waals surface area contributed by atoms with Gasteiger partial charge in [-0.25, -0.2) is 4.68 Å². The summed E-state index contributed by atoms with van der Waals surface area (Å²) in [6.45, 7) is 5.69. The Balaban J connectivity index is 2.23. The molecule has 2 aromatic rings. The van der Waals surface area contributed by atoms with Crippen LogP contribution in [0.1, 0.15) is 43.7 Å². The van der Waals surface area contributed by atoms with Gasteiger partial charge in [-0.15, -0.1) is 0 Å². The van der Waals surface area contributed by atoms with Crippen LogP contribution in [-0.4, -0.2) is 14.9 Å². The molecule has 0 aliphatic rings. The van der Waals surface area contributed by atoms with E-state index in [0.717, 1.165) is 16.8 Å². The number of hydrogen-bond donors (Lipinski definition) is 1. The predicted molar refractivity (Wildman–Crippen MR) is 83.6 cm³/mol. The standard InChI is InChI=1S/C17H19F3N2O2/c1-16(2,3)14-8-9-15(24)22(21-14)10-13(23)11-4-6-12(7-5-11)17(18,19)20/h4-9,13,23H,10H2,1-3H3. The van der Waals surface area contributed by atoms with Crippen LogP contribution in [0.4, 0.5) is 13.2 Å². The van der Waals surface area contributed by atoms with E-state index in [-0.39, 0.29) is 23.1 Å². The second kappa shape index (κ2) is 6.39. The van der Waals surface area contributed by atoms with E-state index in [1.54, 1.807) is 6.07 Å². The summed E-state index contributed by atoms with van der Waals surface area (Å²) in [5.41, 5.74) is -0.466. The van der Waals surface area contributed by atoms with Crippen molar-refractivity contribution in [3.8, 4) is 0 Å².